The summed E-state index contributed by atoms with van der Waals surface area (Å²) in [6.07, 6.45) is 1.70. The van der Waals surface area contributed by atoms with Gasteiger partial charge in [0.25, 0.3) is 11.5 Å². The molecular formula is C37H30ClN3O6S. The van der Waals surface area contributed by atoms with Crippen molar-refractivity contribution in [3.63, 3.8) is 0 Å². The van der Waals surface area contributed by atoms with Crippen LogP contribution in [0, 0.1) is 6.92 Å². The number of nitrogens with one attached hydrogen (secondary N) is 1. The monoisotopic (exact) mass is 679 g/mol. The van der Waals surface area contributed by atoms with Gasteiger partial charge in [-0.15, -0.1) is 0 Å². The van der Waals surface area contributed by atoms with E-state index in [9.17, 15) is 19.5 Å². The molecule has 1 aliphatic rings. The lowest BCUT2D eigenvalue weighted by molar-refractivity contribution is -0.113. The number of carboxylic acids is 1. The third-order valence-electron chi connectivity index (χ3n) is 7.80. The Morgan fingerprint density at radius 3 is 2.48 bits per heavy atom. The predicted molar refractivity (Wildman–Crippen MR) is 186 cm³/mol. The number of carbonyl (C=O) groups excluding carboxylic acids is 1. The van der Waals surface area contributed by atoms with Gasteiger partial charge >= 0.3 is 5.97 Å². The van der Waals surface area contributed by atoms with Crippen molar-refractivity contribution in [2.24, 2.45) is 4.99 Å². The summed E-state index contributed by atoms with van der Waals surface area (Å²) in [5.74, 6) is -0.759. The number of anilines is 1. The highest BCUT2D eigenvalue weighted by Gasteiger charge is 2.32. The summed E-state index contributed by atoms with van der Waals surface area (Å²) in [6.45, 7) is 3.82. The largest absolute Gasteiger partial charge is 0.493 e. The molecule has 242 valence electrons. The average Bonchev–Trinajstić information content (AvgIpc) is 3.37. The molecule has 6 rings (SSSR count). The molecule has 48 heavy (non-hydrogen) atoms. The Morgan fingerprint density at radius 1 is 1.02 bits per heavy atom. The van der Waals surface area contributed by atoms with Gasteiger partial charge < -0.3 is 19.9 Å². The minimum Gasteiger partial charge on any atom is -0.493 e. The number of para-hydroxylation sites is 1. The number of ether oxygens (including phenoxy) is 2. The second-order valence-electron chi connectivity index (χ2n) is 11.1. The molecule has 0 saturated heterocycles. The number of nitrogens with zero attached hydrogens (tertiary/aromatic N) is 2. The number of allylic oxidation sites excluding steroid dienone is 1. The van der Waals surface area contributed by atoms with Crippen molar-refractivity contribution in [2.45, 2.75) is 26.5 Å². The Kier molecular flexibility index (Phi) is 9.29. The van der Waals surface area contributed by atoms with E-state index in [2.05, 4.69) is 5.32 Å². The van der Waals surface area contributed by atoms with Crippen molar-refractivity contribution in [1.82, 2.24) is 4.57 Å². The highest BCUT2D eigenvalue weighted by Crippen LogP contribution is 2.37. The number of hydrogen-bond acceptors (Lipinski definition) is 7. The van der Waals surface area contributed by atoms with E-state index in [4.69, 9.17) is 26.1 Å². The van der Waals surface area contributed by atoms with Crippen molar-refractivity contribution < 1.29 is 24.2 Å². The first-order valence-corrected chi connectivity index (χ1v) is 16.1. The third-order valence-corrected chi connectivity index (χ3v) is 9.06. The summed E-state index contributed by atoms with van der Waals surface area (Å²) < 4.78 is 13.5. The van der Waals surface area contributed by atoms with Crippen LogP contribution in [-0.4, -0.2) is 28.7 Å². The maximum Gasteiger partial charge on any atom is 0.335 e. The number of rotatable bonds is 9. The number of aromatic nitrogens is 1. The highest BCUT2D eigenvalue weighted by molar-refractivity contribution is 7.07. The second kappa shape index (κ2) is 13.7. The average molecular weight is 680 g/mol. The molecule has 2 heterocycles. The van der Waals surface area contributed by atoms with Crippen molar-refractivity contribution >= 4 is 46.6 Å². The normalized spacial score (nSPS) is 14.2. The SMILES string of the molecule is COc1cc(/C=c2/sc3n(c2=O)[C@H](c2ccc(C)cc2)C(C(=O)Nc2ccccc2)=C(C)N=3)cc(Cl)c1OCc1cccc(C(=O)O)c1. The molecular weight excluding hydrogens is 650 g/mol. The van der Waals surface area contributed by atoms with Crippen LogP contribution in [0.1, 0.15) is 45.6 Å². The van der Waals surface area contributed by atoms with Gasteiger partial charge in [0.1, 0.15) is 6.61 Å². The van der Waals surface area contributed by atoms with Gasteiger partial charge in [0.15, 0.2) is 16.3 Å². The summed E-state index contributed by atoms with van der Waals surface area (Å²) in [6, 6.07) is 26.0. The topological polar surface area (TPSA) is 119 Å². The highest BCUT2D eigenvalue weighted by atomic mass is 35.5. The van der Waals surface area contributed by atoms with Gasteiger partial charge in [-0.25, -0.2) is 9.79 Å². The number of thiazole rings is 1. The third kappa shape index (κ3) is 6.67. The zero-order valence-corrected chi connectivity index (χ0v) is 27.8. The Hall–Kier alpha value is -5.45. The summed E-state index contributed by atoms with van der Waals surface area (Å²) in [7, 11) is 1.48. The number of amides is 1. The van der Waals surface area contributed by atoms with E-state index in [0.29, 0.717) is 43.2 Å². The van der Waals surface area contributed by atoms with Crippen molar-refractivity contribution in [2.75, 3.05) is 12.4 Å². The number of aryl methyl sites for hydroxylation is 1. The quantitative estimate of drug-likeness (QED) is 0.194. The molecule has 0 bridgehead atoms. The van der Waals surface area contributed by atoms with Gasteiger partial charge in [0.05, 0.1) is 39.5 Å². The molecule has 0 radical (unpaired) electrons. The molecule has 2 N–H and O–H groups in total. The van der Waals surface area contributed by atoms with Gasteiger partial charge in [-0.1, -0.05) is 83.1 Å². The molecule has 11 heteroatoms. The van der Waals surface area contributed by atoms with E-state index in [1.165, 1.54) is 30.6 Å². The maximum atomic E-state index is 14.1. The fraction of sp³-hybridized carbons (Fsp3) is 0.135. The van der Waals surface area contributed by atoms with E-state index in [0.717, 1.165) is 11.1 Å². The molecule has 0 aliphatic carbocycles. The van der Waals surface area contributed by atoms with Gasteiger partial charge in [0.2, 0.25) is 0 Å². The molecule has 1 atom stereocenters. The number of fused-ring (bicyclic) bond motifs is 1. The van der Waals surface area contributed by atoms with Gasteiger partial charge in [-0.05, 0) is 73.0 Å². The maximum absolute atomic E-state index is 14.1. The smallest absolute Gasteiger partial charge is 0.335 e. The molecule has 1 aliphatic heterocycles. The number of aromatic carboxylic acids is 1. The number of benzene rings is 4. The van der Waals surface area contributed by atoms with Crippen LogP contribution in [0.15, 0.2) is 112 Å². The van der Waals surface area contributed by atoms with E-state index in [-0.39, 0.29) is 34.4 Å². The Labute approximate surface area is 284 Å². The molecule has 1 amide bonds. The number of halogens is 1. The number of carboxylic acid groups (broad SMARTS) is 1. The minimum absolute atomic E-state index is 0.0632. The first-order valence-electron chi connectivity index (χ1n) is 14.9. The van der Waals surface area contributed by atoms with E-state index >= 15 is 0 Å². The van der Waals surface area contributed by atoms with Crippen molar-refractivity contribution in [3.05, 3.63) is 155 Å². The van der Waals surface area contributed by atoms with Crippen LogP contribution in [0.3, 0.4) is 0 Å². The number of hydrogen-bond donors (Lipinski definition) is 2. The van der Waals surface area contributed by atoms with Gasteiger partial charge in [-0.2, -0.15) is 0 Å². The van der Waals surface area contributed by atoms with Crippen LogP contribution >= 0.6 is 22.9 Å². The van der Waals surface area contributed by atoms with Crippen LogP contribution < -0.4 is 29.7 Å². The van der Waals surface area contributed by atoms with E-state index in [1.807, 2.05) is 49.4 Å². The molecule has 0 spiro atoms. The second-order valence-corrected chi connectivity index (χ2v) is 12.6. The van der Waals surface area contributed by atoms with Crippen LogP contribution in [0.4, 0.5) is 5.69 Å². The molecule has 0 saturated carbocycles. The zero-order chi connectivity index (χ0) is 33.9. The first kappa shape index (κ1) is 32.5. The van der Waals surface area contributed by atoms with Crippen molar-refractivity contribution in [3.8, 4) is 11.5 Å². The summed E-state index contributed by atoms with van der Waals surface area (Å²) in [5.41, 5.74) is 4.43. The lowest BCUT2D eigenvalue weighted by Gasteiger charge is -2.25. The fourth-order valence-electron chi connectivity index (χ4n) is 5.46. The van der Waals surface area contributed by atoms with E-state index in [1.54, 1.807) is 54.0 Å². The molecule has 1 aromatic heterocycles. The van der Waals surface area contributed by atoms with Crippen LogP contribution in [-0.2, 0) is 11.4 Å². The number of carbonyl (C=O) groups is 2. The fourth-order valence-corrected chi connectivity index (χ4v) is 6.78. The first-order chi connectivity index (χ1) is 23.1. The summed E-state index contributed by atoms with van der Waals surface area (Å²) >= 11 is 7.87. The van der Waals surface area contributed by atoms with Crippen LogP contribution in [0.25, 0.3) is 6.08 Å². The summed E-state index contributed by atoms with van der Waals surface area (Å²) in [5, 5.41) is 12.5. The summed E-state index contributed by atoms with van der Waals surface area (Å²) in [4.78, 5) is 44.4. The lowest BCUT2D eigenvalue weighted by atomic mass is 9.94. The van der Waals surface area contributed by atoms with Crippen molar-refractivity contribution in [1.29, 1.82) is 0 Å². The lowest BCUT2D eigenvalue weighted by Crippen LogP contribution is -2.40. The van der Waals surface area contributed by atoms with E-state index < -0.39 is 12.0 Å². The molecule has 0 unspecified atom stereocenters. The van der Waals surface area contributed by atoms with Gasteiger partial charge in [0, 0.05) is 5.69 Å². The zero-order valence-electron chi connectivity index (χ0n) is 26.2. The van der Waals surface area contributed by atoms with Crippen LogP contribution in [0.5, 0.6) is 11.5 Å². The Bertz CT molecular complexity index is 2260. The standard InChI is InChI=1S/C37H30ClN3O6S/c1-21-12-14-25(15-13-21)32-31(34(42)40-27-10-5-4-6-11-27)22(2)39-37-41(32)35(43)30(48-37)19-24-17-28(38)33(29(18-24)46-3)47-20-23-8-7-9-26(16-23)36(44)45/h4-19,32H,20H2,1-3H3,(H,40,42)(H,44,45)/b30-19+/t32-/m1/s1. The molecule has 5 aromatic rings. The van der Waals surface area contributed by atoms with Gasteiger partial charge in [-0.3, -0.25) is 14.2 Å². The minimum atomic E-state index is -1.03. The van der Waals surface area contributed by atoms with Crippen LogP contribution in [0.2, 0.25) is 5.02 Å². The molecule has 9 nitrogen and oxygen atoms in total. The molecule has 4 aromatic carbocycles. The molecule has 0 fully saturated rings. The Morgan fingerprint density at radius 2 is 1.77 bits per heavy atom. The Balaban J connectivity index is 1.38. The number of methoxy groups -OCH3 is 1. The predicted octanol–water partition coefficient (Wildman–Crippen LogP) is 6.12.